The van der Waals surface area contributed by atoms with E-state index in [1.54, 1.807) is 0 Å². The molecule has 1 heterocycles. The highest BCUT2D eigenvalue weighted by Crippen LogP contribution is 2.13. The first-order valence-electron chi connectivity index (χ1n) is 5.72. The Kier molecular flexibility index (Phi) is 4.35. The molecule has 2 atom stereocenters. The Balaban J connectivity index is 2.49. The minimum Gasteiger partial charge on any atom is -0.314 e. The Morgan fingerprint density at radius 2 is 1.64 bits per heavy atom. The van der Waals surface area contributed by atoms with Crippen LogP contribution in [-0.4, -0.2) is 49.2 Å². The van der Waals surface area contributed by atoms with Crippen LogP contribution in [0.2, 0.25) is 0 Å². The smallest absolute Gasteiger partial charge is 0.0363 e. The first-order chi connectivity index (χ1) is 6.54. The summed E-state index contributed by atoms with van der Waals surface area (Å²) in [6.45, 7) is 11.3. The zero-order chi connectivity index (χ0) is 10.7. The fourth-order valence-corrected chi connectivity index (χ4v) is 2.15. The van der Waals surface area contributed by atoms with Crippen LogP contribution in [0, 0.1) is 0 Å². The number of likely N-dealkylation sites (N-methyl/N-ethyl adjacent to an activating group) is 1. The van der Waals surface area contributed by atoms with Crippen molar-refractivity contribution < 1.29 is 0 Å². The number of rotatable bonds is 4. The van der Waals surface area contributed by atoms with Crippen LogP contribution in [0.15, 0.2) is 0 Å². The number of hydrogen-bond donors (Lipinski definition) is 2. The van der Waals surface area contributed by atoms with Crippen molar-refractivity contribution in [3.05, 3.63) is 0 Å². The fraction of sp³-hybridized carbons (Fsp3) is 1.00. The van der Waals surface area contributed by atoms with Crippen molar-refractivity contribution in [2.75, 3.05) is 20.1 Å². The molecule has 3 heteroatoms. The van der Waals surface area contributed by atoms with Crippen molar-refractivity contribution in [2.45, 2.75) is 51.9 Å². The first-order valence-corrected chi connectivity index (χ1v) is 5.72. The molecule has 0 aromatic carbocycles. The van der Waals surface area contributed by atoms with Gasteiger partial charge in [0.1, 0.15) is 0 Å². The average molecular weight is 199 g/mol. The van der Waals surface area contributed by atoms with Gasteiger partial charge >= 0.3 is 0 Å². The Morgan fingerprint density at radius 3 is 2.07 bits per heavy atom. The molecule has 2 N–H and O–H groups in total. The van der Waals surface area contributed by atoms with Crippen LogP contribution in [0.4, 0.5) is 0 Å². The standard InChI is InChI=1S/C11H25N3/c1-8(2)13-11-7-14(9(3)4)6-10(11)12-5/h8-13H,6-7H2,1-5H3/t10-,11+/m1/s1. The van der Waals surface area contributed by atoms with Crippen molar-refractivity contribution >= 4 is 0 Å². The fourth-order valence-electron chi connectivity index (χ4n) is 2.15. The van der Waals surface area contributed by atoms with Crippen LogP contribution in [0.3, 0.4) is 0 Å². The monoisotopic (exact) mass is 199 g/mol. The number of nitrogens with one attached hydrogen (secondary N) is 2. The van der Waals surface area contributed by atoms with E-state index in [1.807, 2.05) is 0 Å². The van der Waals surface area contributed by atoms with Crippen LogP contribution in [-0.2, 0) is 0 Å². The van der Waals surface area contributed by atoms with E-state index in [0.717, 1.165) is 0 Å². The predicted molar refractivity (Wildman–Crippen MR) is 61.6 cm³/mol. The summed E-state index contributed by atoms with van der Waals surface area (Å²) in [4.78, 5) is 2.53. The highest BCUT2D eigenvalue weighted by molar-refractivity contribution is 4.94. The Labute approximate surface area is 88.2 Å². The maximum absolute atomic E-state index is 3.62. The summed E-state index contributed by atoms with van der Waals surface area (Å²) < 4.78 is 0. The van der Waals surface area contributed by atoms with Gasteiger partial charge in [-0.3, -0.25) is 4.90 Å². The van der Waals surface area contributed by atoms with Gasteiger partial charge in [0.25, 0.3) is 0 Å². The molecule has 3 nitrogen and oxygen atoms in total. The van der Waals surface area contributed by atoms with Gasteiger partial charge in [-0.25, -0.2) is 0 Å². The third-order valence-corrected chi connectivity index (χ3v) is 3.00. The lowest BCUT2D eigenvalue weighted by atomic mass is 10.1. The predicted octanol–water partition coefficient (Wildman–Crippen LogP) is 0.665. The van der Waals surface area contributed by atoms with Crippen molar-refractivity contribution in [3.63, 3.8) is 0 Å². The third-order valence-electron chi connectivity index (χ3n) is 3.00. The van der Waals surface area contributed by atoms with Gasteiger partial charge in [-0.15, -0.1) is 0 Å². The van der Waals surface area contributed by atoms with E-state index in [2.05, 4.69) is 50.3 Å². The largest absolute Gasteiger partial charge is 0.314 e. The summed E-state index contributed by atoms with van der Waals surface area (Å²) in [5, 5.41) is 7.02. The minimum absolute atomic E-state index is 0.572. The Hall–Kier alpha value is -0.120. The molecule has 0 aromatic rings. The SMILES string of the molecule is CN[C@@H]1CN(C(C)C)C[C@@H]1NC(C)C. The molecule has 14 heavy (non-hydrogen) atoms. The summed E-state index contributed by atoms with van der Waals surface area (Å²) in [5.41, 5.74) is 0. The highest BCUT2D eigenvalue weighted by Gasteiger charge is 2.32. The molecule has 0 aliphatic carbocycles. The second-order valence-corrected chi connectivity index (χ2v) is 4.87. The molecule has 84 valence electrons. The molecule has 1 rings (SSSR count). The van der Waals surface area contributed by atoms with Crippen LogP contribution in [0.5, 0.6) is 0 Å². The second kappa shape index (κ2) is 5.10. The maximum Gasteiger partial charge on any atom is 0.0363 e. The molecular weight excluding hydrogens is 174 g/mol. The summed E-state index contributed by atoms with van der Waals surface area (Å²) >= 11 is 0. The van der Waals surface area contributed by atoms with Gasteiger partial charge in [-0.05, 0) is 20.9 Å². The Bertz CT molecular complexity index is 168. The van der Waals surface area contributed by atoms with Gasteiger partial charge in [-0.1, -0.05) is 13.8 Å². The van der Waals surface area contributed by atoms with Crippen LogP contribution in [0.1, 0.15) is 27.7 Å². The molecule has 1 aliphatic rings. The molecule has 0 saturated carbocycles. The van der Waals surface area contributed by atoms with Crippen LogP contribution in [0.25, 0.3) is 0 Å². The van der Waals surface area contributed by atoms with Gasteiger partial charge in [-0.2, -0.15) is 0 Å². The molecule has 0 bridgehead atoms. The lowest BCUT2D eigenvalue weighted by Gasteiger charge is -2.22. The van der Waals surface area contributed by atoms with E-state index in [4.69, 9.17) is 0 Å². The van der Waals surface area contributed by atoms with E-state index in [9.17, 15) is 0 Å². The number of hydrogen-bond acceptors (Lipinski definition) is 3. The number of likely N-dealkylation sites (tertiary alicyclic amines) is 1. The van der Waals surface area contributed by atoms with E-state index in [-0.39, 0.29) is 0 Å². The van der Waals surface area contributed by atoms with Crippen molar-refractivity contribution in [1.82, 2.24) is 15.5 Å². The zero-order valence-electron chi connectivity index (χ0n) is 10.2. The highest BCUT2D eigenvalue weighted by atomic mass is 15.3. The molecule has 1 aliphatic heterocycles. The Morgan fingerprint density at radius 1 is 1.07 bits per heavy atom. The average Bonchev–Trinajstić information content (AvgIpc) is 2.46. The third kappa shape index (κ3) is 2.94. The second-order valence-electron chi connectivity index (χ2n) is 4.87. The van der Waals surface area contributed by atoms with Crippen molar-refractivity contribution in [2.24, 2.45) is 0 Å². The van der Waals surface area contributed by atoms with Gasteiger partial charge in [0.2, 0.25) is 0 Å². The lowest BCUT2D eigenvalue weighted by Crippen LogP contribution is -2.48. The number of nitrogens with zero attached hydrogens (tertiary/aromatic N) is 1. The van der Waals surface area contributed by atoms with E-state index in [0.29, 0.717) is 24.2 Å². The van der Waals surface area contributed by atoms with Gasteiger partial charge in [0, 0.05) is 37.3 Å². The molecule has 0 spiro atoms. The van der Waals surface area contributed by atoms with Crippen molar-refractivity contribution in [3.8, 4) is 0 Å². The van der Waals surface area contributed by atoms with Gasteiger partial charge < -0.3 is 10.6 Å². The van der Waals surface area contributed by atoms with E-state index in [1.165, 1.54) is 13.1 Å². The lowest BCUT2D eigenvalue weighted by molar-refractivity contribution is 0.264. The molecule has 0 radical (unpaired) electrons. The first kappa shape index (κ1) is 12.0. The molecule has 0 aromatic heterocycles. The molecule has 1 saturated heterocycles. The van der Waals surface area contributed by atoms with E-state index < -0.39 is 0 Å². The zero-order valence-corrected chi connectivity index (χ0v) is 10.2. The summed E-state index contributed by atoms with van der Waals surface area (Å²) in [5.74, 6) is 0. The molecule has 0 amide bonds. The molecule has 1 fully saturated rings. The maximum atomic E-state index is 3.62. The topological polar surface area (TPSA) is 27.3 Å². The summed E-state index contributed by atoms with van der Waals surface area (Å²) in [6.07, 6.45) is 0. The summed E-state index contributed by atoms with van der Waals surface area (Å²) in [7, 11) is 2.06. The van der Waals surface area contributed by atoms with E-state index >= 15 is 0 Å². The van der Waals surface area contributed by atoms with Gasteiger partial charge in [0.15, 0.2) is 0 Å². The normalized spacial score (nSPS) is 29.4. The molecular formula is C11H25N3. The van der Waals surface area contributed by atoms with Crippen LogP contribution >= 0.6 is 0 Å². The van der Waals surface area contributed by atoms with Crippen LogP contribution < -0.4 is 10.6 Å². The van der Waals surface area contributed by atoms with Gasteiger partial charge in [0.05, 0.1) is 0 Å². The quantitative estimate of drug-likeness (QED) is 0.697. The van der Waals surface area contributed by atoms with Crippen molar-refractivity contribution in [1.29, 1.82) is 0 Å². The molecule has 0 unspecified atom stereocenters. The minimum atomic E-state index is 0.572. The summed E-state index contributed by atoms with van der Waals surface area (Å²) in [6, 6.07) is 2.43.